The number of benzene rings is 2. The lowest BCUT2D eigenvalue weighted by Gasteiger charge is -2.09. The molecule has 1 aromatic heterocycles. The Bertz CT molecular complexity index is 1090. The van der Waals surface area contributed by atoms with E-state index in [0.717, 1.165) is 5.52 Å². The minimum Gasteiger partial charge on any atom is -0.358 e. The van der Waals surface area contributed by atoms with Crippen molar-refractivity contribution < 1.29 is 14.4 Å². The highest BCUT2D eigenvalue weighted by Gasteiger charge is 2.31. The number of aryl methyl sites for hydroxylation is 1. The molecule has 0 aliphatic rings. The topological polar surface area (TPSA) is 129 Å². The Balaban J connectivity index is 1.93. The summed E-state index contributed by atoms with van der Waals surface area (Å²) in [7, 11) is 0. The fraction of sp³-hybridized carbons (Fsp3) is 0.100. The van der Waals surface area contributed by atoms with Crippen LogP contribution < -0.4 is 11.1 Å². The summed E-state index contributed by atoms with van der Waals surface area (Å²) < 4.78 is 0. The van der Waals surface area contributed by atoms with Crippen LogP contribution in [-0.4, -0.2) is 22.6 Å². The summed E-state index contributed by atoms with van der Waals surface area (Å²) in [4.78, 5) is 39.6. The van der Waals surface area contributed by atoms with Gasteiger partial charge in [-0.15, -0.1) is 0 Å². The SMILES string of the molecule is Cc1[nH]c2ccccc2c1C(=O)C(C#N)C(=O)c1ccc(NC(N)=O)cc1. The Kier molecular flexibility index (Phi) is 4.73. The molecule has 1 atom stereocenters. The van der Waals surface area contributed by atoms with Crippen molar-refractivity contribution in [1.82, 2.24) is 4.98 Å². The van der Waals surface area contributed by atoms with E-state index in [4.69, 9.17) is 5.73 Å². The molecule has 1 heterocycles. The zero-order valence-corrected chi connectivity index (χ0v) is 14.4. The van der Waals surface area contributed by atoms with E-state index in [2.05, 4.69) is 10.3 Å². The third-order valence-electron chi connectivity index (χ3n) is 4.23. The maximum absolute atomic E-state index is 13.0. The number of nitrogens with one attached hydrogen (secondary N) is 2. The molecule has 0 spiro atoms. The molecule has 7 nitrogen and oxygen atoms in total. The number of carbonyl (C=O) groups is 3. The Morgan fingerprint density at radius 2 is 1.74 bits per heavy atom. The van der Waals surface area contributed by atoms with Gasteiger partial charge in [0.05, 0.1) is 6.07 Å². The molecule has 4 N–H and O–H groups in total. The lowest BCUT2D eigenvalue weighted by molar-refractivity contribution is 0.0846. The molecule has 1 unspecified atom stereocenters. The first-order valence-electron chi connectivity index (χ1n) is 8.14. The summed E-state index contributed by atoms with van der Waals surface area (Å²) in [5.74, 6) is -2.60. The van der Waals surface area contributed by atoms with E-state index in [9.17, 15) is 19.6 Å². The van der Waals surface area contributed by atoms with E-state index in [-0.39, 0.29) is 5.56 Å². The number of H-pyrrole nitrogens is 1. The number of nitriles is 1. The lowest BCUT2D eigenvalue weighted by atomic mass is 9.90. The third kappa shape index (κ3) is 3.41. The molecule has 3 aromatic rings. The second-order valence-electron chi connectivity index (χ2n) is 6.03. The number of rotatable bonds is 5. The van der Waals surface area contributed by atoms with E-state index >= 15 is 0 Å². The van der Waals surface area contributed by atoms with Gasteiger partial charge in [-0.05, 0) is 37.3 Å². The number of hydrogen-bond donors (Lipinski definition) is 3. The Labute approximate surface area is 154 Å². The number of amides is 2. The summed E-state index contributed by atoms with van der Waals surface area (Å²) in [5, 5.41) is 12.5. The Morgan fingerprint density at radius 1 is 1.07 bits per heavy atom. The third-order valence-corrected chi connectivity index (χ3v) is 4.23. The maximum atomic E-state index is 13.0. The van der Waals surface area contributed by atoms with E-state index in [1.54, 1.807) is 19.1 Å². The first kappa shape index (κ1) is 17.9. The van der Waals surface area contributed by atoms with Gasteiger partial charge in [0.15, 0.2) is 17.5 Å². The number of aromatic nitrogens is 1. The summed E-state index contributed by atoms with van der Waals surface area (Å²) >= 11 is 0. The van der Waals surface area contributed by atoms with Crippen molar-refractivity contribution in [2.24, 2.45) is 11.7 Å². The number of para-hydroxylation sites is 1. The Hall–Kier alpha value is -3.92. The zero-order chi connectivity index (χ0) is 19.6. The number of nitrogens with zero attached hydrogens (tertiary/aromatic N) is 1. The van der Waals surface area contributed by atoms with Crippen LogP contribution in [0.3, 0.4) is 0 Å². The molecule has 27 heavy (non-hydrogen) atoms. The molecule has 0 aliphatic heterocycles. The summed E-state index contributed by atoms with van der Waals surface area (Å²) in [5.41, 5.74) is 7.36. The van der Waals surface area contributed by atoms with Gasteiger partial charge in [0.2, 0.25) is 0 Å². The van der Waals surface area contributed by atoms with Crippen LogP contribution in [0, 0.1) is 24.2 Å². The average molecular weight is 360 g/mol. The molecule has 3 rings (SSSR count). The van der Waals surface area contributed by atoms with Crippen LogP contribution >= 0.6 is 0 Å². The molecule has 2 amide bonds. The fourth-order valence-electron chi connectivity index (χ4n) is 3.00. The van der Waals surface area contributed by atoms with Crippen LogP contribution in [0.5, 0.6) is 0 Å². The van der Waals surface area contributed by atoms with Gasteiger partial charge in [-0.25, -0.2) is 4.79 Å². The van der Waals surface area contributed by atoms with Gasteiger partial charge in [-0.2, -0.15) is 5.26 Å². The monoisotopic (exact) mass is 360 g/mol. The van der Waals surface area contributed by atoms with Gasteiger partial charge in [0.25, 0.3) is 0 Å². The van der Waals surface area contributed by atoms with Crippen molar-refractivity contribution in [3.8, 4) is 6.07 Å². The van der Waals surface area contributed by atoms with Gasteiger partial charge >= 0.3 is 6.03 Å². The van der Waals surface area contributed by atoms with Crippen LogP contribution in [0.15, 0.2) is 48.5 Å². The number of hydrogen-bond acceptors (Lipinski definition) is 4. The normalized spacial score (nSPS) is 11.6. The van der Waals surface area contributed by atoms with Crippen molar-refractivity contribution >= 4 is 34.2 Å². The predicted octanol–water partition coefficient (Wildman–Crippen LogP) is 3.17. The number of anilines is 1. The molecule has 0 fully saturated rings. The molecular formula is C20H16N4O3. The predicted molar refractivity (Wildman–Crippen MR) is 100 cm³/mol. The second-order valence-corrected chi connectivity index (χ2v) is 6.03. The number of primary amides is 1. The molecule has 0 saturated heterocycles. The van der Waals surface area contributed by atoms with E-state index in [1.807, 2.05) is 18.2 Å². The zero-order valence-electron chi connectivity index (χ0n) is 14.4. The van der Waals surface area contributed by atoms with Crippen molar-refractivity contribution in [1.29, 1.82) is 5.26 Å². The van der Waals surface area contributed by atoms with Crippen LogP contribution in [0.4, 0.5) is 10.5 Å². The standard InChI is InChI=1S/C20H16N4O3/c1-11-17(14-4-2-3-5-16(14)23-11)19(26)15(10-21)18(25)12-6-8-13(9-7-12)24-20(22)27/h2-9,15,23H,1H3,(H3,22,24,27). The highest BCUT2D eigenvalue weighted by molar-refractivity contribution is 6.22. The number of nitrogens with two attached hydrogens (primary N) is 1. The molecular weight excluding hydrogens is 344 g/mol. The minimum atomic E-state index is -1.46. The molecule has 0 bridgehead atoms. The summed E-state index contributed by atoms with van der Waals surface area (Å²) in [6.07, 6.45) is 0. The van der Waals surface area contributed by atoms with Crippen LogP contribution in [-0.2, 0) is 0 Å². The summed E-state index contributed by atoms with van der Waals surface area (Å²) in [6.45, 7) is 1.73. The molecule has 0 saturated carbocycles. The number of carbonyl (C=O) groups excluding carboxylic acids is 3. The van der Waals surface area contributed by atoms with Crippen LogP contribution in [0.2, 0.25) is 0 Å². The van der Waals surface area contributed by atoms with E-state index in [1.165, 1.54) is 24.3 Å². The molecule has 134 valence electrons. The van der Waals surface area contributed by atoms with Gasteiger partial charge in [0, 0.05) is 33.4 Å². The Morgan fingerprint density at radius 3 is 2.37 bits per heavy atom. The number of fused-ring (bicyclic) bond motifs is 1. The van der Waals surface area contributed by atoms with Gasteiger partial charge in [-0.3, -0.25) is 9.59 Å². The van der Waals surface area contributed by atoms with Crippen molar-refractivity contribution in [2.45, 2.75) is 6.92 Å². The second kappa shape index (κ2) is 7.14. The smallest absolute Gasteiger partial charge is 0.316 e. The van der Waals surface area contributed by atoms with Crippen LogP contribution in [0.25, 0.3) is 10.9 Å². The highest BCUT2D eigenvalue weighted by Crippen LogP contribution is 2.26. The number of ketones is 2. The molecule has 7 heteroatoms. The lowest BCUT2D eigenvalue weighted by Crippen LogP contribution is -2.23. The first-order chi connectivity index (χ1) is 12.9. The first-order valence-corrected chi connectivity index (χ1v) is 8.14. The van der Waals surface area contributed by atoms with E-state index in [0.29, 0.717) is 22.3 Å². The molecule has 0 aliphatic carbocycles. The maximum Gasteiger partial charge on any atom is 0.316 e. The molecule has 2 aromatic carbocycles. The average Bonchev–Trinajstić information content (AvgIpc) is 2.97. The van der Waals surface area contributed by atoms with E-state index < -0.39 is 23.5 Å². The summed E-state index contributed by atoms with van der Waals surface area (Å²) in [6, 6.07) is 14.2. The van der Waals surface area contributed by atoms with Crippen molar-refractivity contribution in [2.75, 3.05) is 5.32 Å². The number of aromatic amines is 1. The fourth-order valence-corrected chi connectivity index (χ4v) is 3.00. The molecule has 0 radical (unpaired) electrons. The quantitative estimate of drug-likeness (QED) is 0.476. The minimum absolute atomic E-state index is 0.197. The van der Waals surface area contributed by atoms with Crippen molar-refractivity contribution in [3.05, 3.63) is 65.4 Å². The highest BCUT2D eigenvalue weighted by atomic mass is 16.2. The largest absolute Gasteiger partial charge is 0.358 e. The number of Topliss-reactive ketones (excluding diaryl/α,β-unsaturated/α-hetero) is 2. The van der Waals surface area contributed by atoms with Gasteiger partial charge < -0.3 is 16.0 Å². The number of urea groups is 1. The van der Waals surface area contributed by atoms with Crippen LogP contribution in [0.1, 0.15) is 26.4 Å². The van der Waals surface area contributed by atoms with Crippen molar-refractivity contribution in [3.63, 3.8) is 0 Å². The van der Waals surface area contributed by atoms with Gasteiger partial charge in [0.1, 0.15) is 0 Å². The van der Waals surface area contributed by atoms with Gasteiger partial charge in [-0.1, -0.05) is 18.2 Å².